The lowest BCUT2D eigenvalue weighted by molar-refractivity contribution is 0.569. The Kier molecular flexibility index (Phi) is 4.43. The number of anilines is 2. The van der Waals surface area contributed by atoms with Crippen LogP contribution in [0.5, 0.6) is 0 Å². The van der Waals surface area contributed by atoms with Crippen LogP contribution in [0.3, 0.4) is 0 Å². The fourth-order valence-corrected chi connectivity index (χ4v) is 2.13. The Morgan fingerprint density at radius 3 is 2.00 bits per heavy atom. The van der Waals surface area contributed by atoms with Crippen molar-refractivity contribution >= 4 is 11.6 Å². The smallest absolute Gasteiger partial charge is 0.150 e. The van der Waals surface area contributed by atoms with Crippen LogP contribution < -0.4 is 10.6 Å². The molecule has 0 aliphatic carbocycles. The minimum atomic E-state index is 0.572. The molecule has 1 fully saturated rings. The fourth-order valence-electron chi connectivity index (χ4n) is 2.13. The molecule has 1 aliphatic rings. The second kappa shape index (κ2) is 6.26. The Bertz CT molecular complexity index is 478. The molecule has 1 aliphatic heterocycles. The number of nitrogens with two attached hydrogens (primary N) is 1. The summed E-state index contributed by atoms with van der Waals surface area (Å²) in [7, 11) is 3.80. The molecule has 0 saturated carbocycles. The SMILES string of the molecule is Cn1ccc(N)n1.Cn1ccc(N2CCCCC2)n1. The first kappa shape index (κ1) is 13.5. The Morgan fingerprint density at radius 2 is 1.58 bits per heavy atom. The molecule has 104 valence electrons. The first-order valence-electron chi connectivity index (χ1n) is 6.65. The summed E-state index contributed by atoms with van der Waals surface area (Å²) in [6.07, 6.45) is 7.82. The number of aryl methyl sites for hydroxylation is 2. The van der Waals surface area contributed by atoms with Gasteiger partial charge in [0.25, 0.3) is 0 Å². The normalized spacial score (nSPS) is 14.9. The maximum absolute atomic E-state index is 5.25. The first-order valence-corrected chi connectivity index (χ1v) is 6.65. The van der Waals surface area contributed by atoms with Gasteiger partial charge in [-0.05, 0) is 25.3 Å². The number of hydrogen-bond donors (Lipinski definition) is 1. The zero-order valence-electron chi connectivity index (χ0n) is 11.7. The zero-order valence-corrected chi connectivity index (χ0v) is 11.7. The van der Waals surface area contributed by atoms with Gasteiger partial charge in [0.1, 0.15) is 5.82 Å². The molecule has 2 aromatic heterocycles. The molecule has 2 aromatic rings. The van der Waals surface area contributed by atoms with Gasteiger partial charge in [-0.25, -0.2) is 0 Å². The van der Waals surface area contributed by atoms with Crippen LogP contribution in [0.4, 0.5) is 11.6 Å². The number of piperidine rings is 1. The molecule has 0 bridgehead atoms. The molecule has 3 rings (SSSR count). The van der Waals surface area contributed by atoms with E-state index >= 15 is 0 Å². The van der Waals surface area contributed by atoms with E-state index in [4.69, 9.17) is 5.73 Å². The summed E-state index contributed by atoms with van der Waals surface area (Å²) in [4.78, 5) is 2.36. The Morgan fingerprint density at radius 1 is 0.947 bits per heavy atom. The van der Waals surface area contributed by atoms with Gasteiger partial charge in [0.2, 0.25) is 0 Å². The summed E-state index contributed by atoms with van der Waals surface area (Å²) >= 11 is 0. The lowest BCUT2D eigenvalue weighted by Gasteiger charge is -2.26. The lowest BCUT2D eigenvalue weighted by atomic mass is 10.1. The highest BCUT2D eigenvalue weighted by atomic mass is 15.3. The number of aromatic nitrogens is 4. The van der Waals surface area contributed by atoms with Crippen molar-refractivity contribution in [3.8, 4) is 0 Å². The average Bonchev–Trinajstić information content (AvgIpc) is 3.00. The van der Waals surface area contributed by atoms with Gasteiger partial charge in [-0.1, -0.05) is 0 Å². The lowest BCUT2D eigenvalue weighted by Crippen LogP contribution is -2.29. The zero-order chi connectivity index (χ0) is 13.7. The summed E-state index contributed by atoms with van der Waals surface area (Å²) in [5, 5.41) is 8.18. The van der Waals surface area contributed by atoms with Crippen LogP contribution in [0.15, 0.2) is 24.5 Å². The van der Waals surface area contributed by atoms with Gasteiger partial charge in [-0.15, -0.1) is 0 Å². The third-order valence-corrected chi connectivity index (χ3v) is 3.11. The topological polar surface area (TPSA) is 64.9 Å². The van der Waals surface area contributed by atoms with E-state index in [1.807, 2.05) is 25.0 Å². The van der Waals surface area contributed by atoms with Gasteiger partial charge >= 0.3 is 0 Å². The predicted octanol–water partition coefficient (Wildman–Crippen LogP) is 1.41. The molecule has 6 nitrogen and oxygen atoms in total. The van der Waals surface area contributed by atoms with Crippen LogP contribution in [0.25, 0.3) is 0 Å². The Balaban J connectivity index is 0.000000163. The largest absolute Gasteiger partial charge is 0.382 e. The van der Waals surface area contributed by atoms with E-state index in [1.54, 1.807) is 16.9 Å². The molecule has 0 radical (unpaired) electrons. The van der Waals surface area contributed by atoms with E-state index in [0.717, 1.165) is 5.82 Å². The molecule has 0 unspecified atom stereocenters. The van der Waals surface area contributed by atoms with Crippen LogP contribution >= 0.6 is 0 Å². The average molecular weight is 262 g/mol. The summed E-state index contributed by atoms with van der Waals surface area (Å²) in [5.74, 6) is 1.71. The van der Waals surface area contributed by atoms with Crippen molar-refractivity contribution in [3.63, 3.8) is 0 Å². The van der Waals surface area contributed by atoms with Gasteiger partial charge < -0.3 is 10.6 Å². The molecule has 0 aromatic carbocycles. The second-order valence-corrected chi connectivity index (χ2v) is 4.81. The van der Waals surface area contributed by atoms with E-state index in [0.29, 0.717) is 5.82 Å². The van der Waals surface area contributed by atoms with E-state index in [9.17, 15) is 0 Å². The molecule has 0 atom stereocenters. The highest BCUT2D eigenvalue weighted by molar-refractivity contribution is 5.36. The maximum Gasteiger partial charge on any atom is 0.150 e. The molecular weight excluding hydrogens is 240 g/mol. The van der Waals surface area contributed by atoms with Crippen LogP contribution in [0, 0.1) is 0 Å². The highest BCUT2D eigenvalue weighted by Gasteiger charge is 2.11. The Labute approximate surface area is 113 Å². The molecule has 3 heterocycles. The van der Waals surface area contributed by atoms with Gasteiger partial charge in [0.15, 0.2) is 5.82 Å². The molecule has 19 heavy (non-hydrogen) atoms. The third-order valence-electron chi connectivity index (χ3n) is 3.11. The van der Waals surface area contributed by atoms with E-state index < -0.39 is 0 Å². The Hall–Kier alpha value is -1.98. The van der Waals surface area contributed by atoms with Crippen molar-refractivity contribution in [2.75, 3.05) is 23.7 Å². The van der Waals surface area contributed by atoms with Crippen molar-refractivity contribution in [1.29, 1.82) is 0 Å². The predicted molar refractivity (Wildman–Crippen MR) is 76.9 cm³/mol. The summed E-state index contributed by atoms with van der Waals surface area (Å²) in [6.45, 7) is 2.36. The number of hydrogen-bond acceptors (Lipinski definition) is 4. The number of nitrogens with zero attached hydrogens (tertiary/aromatic N) is 5. The second-order valence-electron chi connectivity index (χ2n) is 4.81. The summed E-state index contributed by atoms with van der Waals surface area (Å²) in [6, 6.07) is 3.84. The van der Waals surface area contributed by atoms with Crippen LogP contribution in [0.2, 0.25) is 0 Å². The molecule has 2 N–H and O–H groups in total. The number of rotatable bonds is 1. The van der Waals surface area contributed by atoms with Gasteiger partial charge in [0.05, 0.1) is 0 Å². The van der Waals surface area contributed by atoms with Crippen molar-refractivity contribution in [2.45, 2.75) is 19.3 Å². The fraction of sp³-hybridized carbons (Fsp3) is 0.538. The molecular formula is C13H22N6. The van der Waals surface area contributed by atoms with Crippen molar-refractivity contribution in [2.24, 2.45) is 14.1 Å². The molecule has 6 heteroatoms. The highest BCUT2D eigenvalue weighted by Crippen LogP contribution is 2.16. The maximum atomic E-state index is 5.25. The van der Waals surface area contributed by atoms with Crippen LogP contribution in [0.1, 0.15) is 19.3 Å². The van der Waals surface area contributed by atoms with Gasteiger partial charge in [-0.3, -0.25) is 9.36 Å². The number of nitrogen functional groups attached to an aromatic ring is 1. The van der Waals surface area contributed by atoms with Crippen molar-refractivity contribution < 1.29 is 0 Å². The van der Waals surface area contributed by atoms with Crippen LogP contribution in [-0.2, 0) is 14.1 Å². The minimum Gasteiger partial charge on any atom is -0.382 e. The van der Waals surface area contributed by atoms with Crippen molar-refractivity contribution in [3.05, 3.63) is 24.5 Å². The molecule has 1 saturated heterocycles. The van der Waals surface area contributed by atoms with E-state index in [-0.39, 0.29) is 0 Å². The minimum absolute atomic E-state index is 0.572. The summed E-state index contributed by atoms with van der Waals surface area (Å²) in [5.41, 5.74) is 5.25. The van der Waals surface area contributed by atoms with E-state index in [1.165, 1.54) is 32.4 Å². The summed E-state index contributed by atoms with van der Waals surface area (Å²) < 4.78 is 3.53. The standard InChI is InChI=1S/C9H15N3.C4H7N3/c1-11-8-5-9(10-11)12-6-3-2-4-7-12;1-7-3-2-4(5)6-7/h5,8H,2-4,6-7H2,1H3;2-3H,1H3,(H2,5,6). The third kappa shape index (κ3) is 4.01. The van der Waals surface area contributed by atoms with Crippen molar-refractivity contribution in [1.82, 2.24) is 19.6 Å². The molecule has 0 amide bonds. The first-order chi connectivity index (χ1) is 9.15. The van der Waals surface area contributed by atoms with Gasteiger partial charge in [-0.2, -0.15) is 10.2 Å². The quantitative estimate of drug-likeness (QED) is 0.844. The van der Waals surface area contributed by atoms with Crippen LogP contribution in [-0.4, -0.2) is 32.7 Å². The van der Waals surface area contributed by atoms with E-state index in [2.05, 4.69) is 21.2 Å². The monoisotopic (exact) mass is 262 g/mol. The molecule has 0 spiro atoms. The van der Waals surface area contributed by atoms with Gasteiger partial charge in [0, 0.05) is 45.6 Å².